The second-order valence-corrected chi connectivity index (χ2v) is 3.58. The average molecular weight is 220 g/mol. The molecule has 0 heterocycles. The smallest absolute Gasteiger partial charge is 0.123 e. The third-order valence-electron chi connectivity index (χ3n) is 2.22. The van der Waals surface area contributed by atoms with Crippen molar-refractivity contribution in [1.29, 1.82) is 0 Å². The van der Waals surface area contributed by atoms with E-state index >= 15 is 0 Å². The Morgan fingerprint density at radius 1 is 1.12 bits per heavy atom. The Morgan fingerprint density at radius 3 is 2.38 bits per heavy atom. The minimum atomic E-state index is 0.662. The van der Waals surface area contributed by atoms with Gasteiger partial charge in [-0.15, -0.1) is 0 Å². The minimum absolute atomic E-state index is 0.662. The van der Waals surface area contributed by atoms with E-state index in [1.165, 1.54) is 0 Å². The van der Waals surface area contributed by atoms with E-state index in [1.54, 1.807) is 6.08 Å². The van der Waals surface area contributed by atoms with Gasteiger partial charge in [-0.05, 0) is 31.0 Å². The standard InChI is InChI=1S/C14H20O2/c1-4-7-8-16-14-10-12(5-2)9-13(11-14)15-6-3/h5,9-11H,2,4,6-8H2,1,3H3. The van der Waals surface area contributed by atoms with Gasteiger partial charge in [-0.2, -0.15) is 0 Å². The minimum Gasteiger partial charge on any atom is -0.494 e. The molecule has 0 aliphatic rings. The summed E-state index contributed by atoms with van der Waals surface area (Å²) in [5.74, 6) is 1.70. The monoisotopic (exact) mass is 220 g/mol. The van der Waals surface area contributed by atoms with Crippen molar-refractivity contribution in [2.24, 2.45) is 0 Å². The second kappa shape index (κ2) is 6.94. The molecule has 0 amide bonds. The molecule has 0 saturated heterocycles. The molecule has 0 N–H and O–H groups in total. The summed E-state index contributed by atoms with van der Waals surface area (Å²) in [7, 11) is 0. The number of rotatable bonds is 7. The first kappa shape index (κ1) is 12.6. The van der Waals surface area contributed by atoms with Crippen molar-refractivity contribution in [2.75, 3.05) is 13.2 Å². The normalized spacial score (nSPS) is 9.88. The number of hydrogen-bond donors (Lipinski definition) is 0. The molecule has 0 unspecified atom stereocenters. The maximum atomic E-state index is 5.65. The van der Waals surface area contributed by atoms with Crippen LogP contribution in [-0.4, -0.2) is 13.2 Å². The Morgan fingerprint density at radius 2 is 1.81 bits per heavy atom. The Hall–Kier alpha value is -1.44. The van der Waals surface area contributed by atoms with Crippen molar-refractivity contribution in [2.45, 2.75) is 26.7 Å². The maximum absolute atomic E-state index is 5.65. The van der Waals surface area contributed by atoms with E-state index in [1.807, 2.05) is 25.1 Å². The zero-order valence-electron chi connectivity index (χ0n) is 10.2. The zero-order chi connectivity index (χ0) is 11.8. The Bertz CT molecular complexity index is 332. The SMILES string of the molecule is C=Cc1cc(OCC)cc(OCCCC)c1. The quantitative estimate of drug-likeness (QED) is 0.649. The van der Waals surface area contributed by atoms with E-state index < -0.39 is 0 Å². The van der Waals surface area contributed by atoms with Gasteiger partial charge in [0.15, 0.2) is 0 Å². The van der Waals surface area contributed by atoms with Crippen molar-refractivity contribution < 1.29 is 9.47 Å². The highest BCUT2D eigenvalue weighted by atomic mass is 16.5. The molecule has 88 valence electrons. The van der Waals surface area contributed by atoms with Crippen molar-refractivity contribution in [3.63, 3.8) is 0 Å². The highest BCUT2D eigenvalue weighted by Gasteiger charge is 2.00. The van der Waals surface area contributed by atoms with Crippen LogP contribution >= 0.6 is 0 Å². The van der Waals surface area contributed by atoms with Gasteiger partial charge in [0.05, 0.1) is 13.2 Å². The number of hydrogen-bond acceptors (Lipinski definition) is 2. The summed E-state index contributed by atoms with van der Waals surface area (Å²) in [5.41, 5.74) is 1.03. The average Bonchev–Trinajstić information content (AvgIpc) is 2.29. The summed E-state index contributed by atoms with van der Waals surface area (Å²) < 4.78 is 11.1. The van der Waals surface area contributed by atoms with E-state index in [2.05, 4.69) is 13.5 Å². The van der Waals surface area contributed by atoms with Gasteiger partial charge < -0.3 is 9.47 Å². The first-order valence-electron chi connectivity index (χ1n) is 5.83. The zero-order valence-corrected chi connectivity index (χ0v) is 10.2. The lowest BCUT2D eigenvalue weighted by Crippen LogP contribution is -1.98. The maximum Gasteiger partial charge on any atom is 0.123 e. The molecule has 0 aromatic heterocycles. The molecule has 0 radical (unpaired) electrons. The fourth-order valence-electron chi connectivity index (χ4n) is 1.38. The van der Waals surface area contributed by atoms with Crippen LogP contribution < -0.4 is 9.47 Å². The van der Waals surface area contributed by atoms with E-state index in [-0.39, 0.29) is 0 Å². The summed E-state index contributed by atoms with van der Waals surface area (Å²) in [5, 5.41) is 0. The van der Waals surface area contributed by atoms with Crippen molar-refractivity contribution >= 4 is 6.08 Å². The Balaban J connectivity index is 2.73. The number of benzene rings is 1. The first-order chi connectivity index (χ1) is 7.80. The largest absolute Gasteiger partial charge is 0.494 e. The van der Waals surface area contributed by atoms with Gasteiger partial charge in [0, 0.05) is 6.07 Å². The molecule has 1 rings (SSSR count). The lowest BCUT2D eigenvalue weighted by Gasteiger charge is -2.09. The van der Waals surface area contributed by atoms with E-state index in [4.69, 9.17) is 9.47 Å². The molecular weight excluding hydrogens is 200 g/mol. The van der Waals surface area contributed by atoms with Crippen LogP contribution in [0.2, 0.25) is 0 Å². The first-order valence-corrected chi connectivity index (χ1v) is 5.83. The van der Waals surface area contributed by atoms with Crippen LogP contribution in [-0.2, 0) is 0 Å². The van der Waals surface area contributed by atoms with Gasteiger partial charge in [-0.3, -0.25) is 0 Å². The molecule has 0 aliphatic heterocycles. The lowest BCUT2D eigenvalue weighted by atomic mass is 10.2. The summed E-state index contributed by atoms with van der Waals surface area (Å²) >= 11 is 0. The van der Waals surface area contributed by atoms with Crippen LogP contribution in [0.15, 0.2) is 24.8 Å². The molecular formula is C14H20O2. The molecule has 1 aromatic rings. The molecule has 2 heteroatoms. The number of unbranched alkanes of at least 4 members (excludes halogenated alkanes) is 1. The molecule has 0 aliphatic carbocycles. The van der Waals surface area contributed by atoms with E-state index in [0.717, 1.165) is 36.5 Å². The van der Waals surface area contributed by atoms with Crippen molar-refractivity contribution in [3.8, 4) is 11.5 Å². The highest BCUT2D eigenvalue weighted by Crippen LogP contribution is 2.23. The summed E-state index contributed by atoms with van der Waals surface area (Å²) in [6, 6.07) is 5.86. The van der Waals surface area contributed by atoms with Gasteiger partial charge in [0.2, 0.25) is 0 Å². The molecule has 2 nitrogen and oxygen atoms in total. The van der Waals surface area contributed by atoms with Crippen molar-refractivity contribution in [3.05, 3.63) is 30.3 Å². The van der Waals surface area contributed by atoms with Gasteiger partial charge in [-0.25, -0.2) is 0 Å². The van der Waals surface area contributed by atoms with Gasteiger partial charge >= 0.3 is 0 Å². The molecule has 0 bridgehead atoms. The van der Waals surface area contributed by atoms with Crippen LogP contribution in [0.5, 0.6) is 11.5 Å². The Labute approximate surface area is 97.9 Å². The predicted molar refractivity (Wildman–Crippen MR) is 68.1 cm³/mol. The number of ether oxygens (including phenoxy) is 2. The molecule has 0 atom stereocenters. The topological polar surface area (TPSA) is 18.5 Å². The van der Waals surface area contributed by atoms with E-state index in [9.17, 15) is 0 Å². The van der Waals surface area contributed by atoms with Crippen molar-refractivity contribution in [1.82, 2.24) is 0 Å². The second-order valence-electron chi connectivity index (χ2n) is 3.58. The fourth-order valence-corrected chi connectivity index (χ4v) is 1.38. The molecule has 16 heavy (non-hydrogen) atoms. The van der Waals surface area contributed by atoms with Crippen LogP contribution in [0, 0.1) is 0 Å². The molecule has 0 spiro atoms. The van der Waals surface area contributed by atoms with Gasteiger partial charge in [-0.1, -0.05) is 26.0 Å². The third kappa shape index (κ3) is 3.97. The van der Waals surface area contributed by atoms with Gasteiger partial charge in [0.25, 0.3) is 0 Å². The third-order valence-corrected chi connectivity index (χ3v) is 2.22. The van der Waals surface area contributed by atoms with Gasteiger partial charge in [0.1, 0.15) is 11.5 Å². The van der Waals surface area contributed by atoms with Crippen LogP contribution in [0.4, 0.5) is 0 Å². The molecule has 0 saturated carbocycles. The summed E-state index contributed by atoms with van der Waals surface area (Å²) in [4.78, 5) is 0. The predicted octanol–water partition coefficient (Wildman–Crippen LogP) is 3.91. The lowest BCUT2D eigenvalue weighted by molar-refractivity contribution is 0.302. The molecule has 0 fully saturated rings. The summed E-state index contributed by atoms with van der Waals surface area (Å²) in [6.07, 6.45) is 4.01. The molecule has 1 aromatic carbocycles. The van der Waals surface area contributed by atoms with E-state index in [0.29, 0.717) is 6.61 Å². The highest BCUT2D eigenvalue weighted by molar-refractivity contribution is 5.53. The summed E-state index contributed by atoms with van der Waals surface area (Å²) in [6.45, 7) is 9.29. The van der Waals surface area contributed by atoms with Crippen LogP contribution in [0.3, 0.4) is 0 Å². The Kier molecular flexibility index (Phi) is 5.48. The fraction of sp³-hybridized carbons (Fsp3) is 0.429. The van der Waals surface area contributed by atoms with Crippen LogP contribution in [0.1, 0.15) is 32.3 Å². The van der Waals surface area contributed by atoms with Crippen LogP contribution in [0.25, 0.3) is 6.08 Å².